The van der Waals surface area contributed by atoms with Crippen molar-refractivity contribution in [1.82, 2.24) is 10.2 Å². The van der Waals surface area contributed by atoms with Crippen LogP contribution in [-0.4, -0.2) is 67.3 Å². The molecule has 0 bridgehead atoms. The molecule has 144 valence electrons. The van der Waals surface area contributed by atoms with Crippen LogP contribution in [0.5, 0.6) is 0 Å². The van der Waals surface area contributed by atoms with Crippen LogP contribution in [0.2, 0.25) is 0 Å². The van der Waals surface area contributed by atoms with Crippen molar-refractivity contribution < 1.29 is 19.4 Å². The highest BCUT2D eigenvalue weighted by Gasteiger charge is 2.21. The molecule has 7 heteroatoms. The van der Waals surface area contributed by atoms with Gasteiger partial charge in [0, 0.05) is 18.8 Å². The zero-order valence-electron chi connectivity index (χ0n) is 15.6. The highest BCUT2D eigenvalue weighted by atomic mass is 16.5. The Bertz CT molecular complexity index is 615. The molecule has 2 rings (SSSR count). The third-order valence-electron chi connectivity index (χ3n) is 4.50. The van der Waals surface area contributed by atoms with Crippen molar-refractivity contribution in [2.75, 3.05) is 44.7 Å². The number of nitrogens with one attached hydrogen (secondary N) is 2. The summed E-state index contributed by atoms with van der Waals surface area (Å²) in [4.78, 5) is 26.0. The van der Waals surface area contributed by atoms with E-state index in [-0.39, 0.29) is 12.3 Å². The maximum absolute atomic E-state index is 12.2. The van der Waals surface area contributed by atoms with Crippen LogP contribution in [0, 0.1) is 13.8 Å². The first-order valence-electron chi connectivity index (χ1n) is 9.09. The molecule has 1 heterocycles. The van der Waals surface area contributed by atoms with Gasteiger partial charge in [-0.3, -0.25) is 14.5 Å². The fourth-order valence-electron chi connectivity index (χ4n) is 2.91. The van der Waals surface area contributed by atoms with Gasteiger partial charge in [-0.15, -0.1) is 0 Å². The van der Waals surface area contributed by atoms with E-state index in [2.05, 4.69) is 15.5 Å². The molecule has 1 aromatic rings. The van der Waals surface area contributed by atoms with Gasteiger partial charge >= 0.3 is 5.97 Å². The molecule has 1 fully saturated rings. The number of amides is 1. The van der Waals surface area contributed by atoms with Crippen LogP contribution in [0.1, 0.15) is 24.0 Å². The van der Waals surface area contributed by atoms with Gasteiger partial charge in [-0.25, -0.2) is 0 Å². The molecule has 0 aliphatic carbocycles. The highest BCUT2D eigenvalue weighted by molar-refractivity contribution is 5.94. The van der Waals surface area contributed by atoms with Gasteiger partial charge in [-0.1, -0.05) is 12.1 Å². The second-order valence-corrected chi connectivity index (χ2v) is 6.72. The Hall–Kier alpha value is -1.96. The Labute approximate surface area is 154 Å². The largest absolute Gasteiger partial charge is 0.480 e. The molecule has 1 amide bonds. The van der Waals surface area contributed by atoms with Gasteiger partial charge in [-0.2, -0.15) is 0 Å². The zero-order chi connectivity index (χ0) is 18.9. The minimum Gasteiger partial charge on any atom is -0.480 e. The summed E-state index contributed by atoms with van der Waals surface area (Å²) in [6.45, 7) is 8.66. The first-order valence-corrected chi connectivity index (χ1v) is 9.09. The zero-order valence-corrected chi connectivity index (χ0v) is 15.6. The molecule has 7 nitrogen and oxygen atoms in total. The van der Waals surface area contributed by atoms with Crippen molar-refractivity contribution in [1.29, 1.82) is 0 Å². The Kier molecular flexibility index (Phi) is 8.03. The number of aliphatic carboxylic acids is 1. The van der Waals surface area contributed by atoms with Crippen LogP contribution in [-0.2, 0) is 14.3 Å². The van der Waals surface area contributed by atoms with Crippen molar-refractivity contribution >= 4 is 17.6 Å². The second kappa shape index (κ2) is 10.3. The fraction of sp³-hybridized carbons (Fsp3) is 0.579. The number of carboxylic acid groups (broad SMARTS) is 1. The van der Waals surface area contributed by atoms with Gasteiger partial charge in [0.05, 0.1) is 19.6 Å². The van der Waals surface area contributed by atoms with E-state index < -0.39 is 12.0 Å². The van der Waals surface area contributed by atoms with Crippen molar-refractivity contribution in [3.8, 4) is 0 Å². The summed E-state index contributed by atoms with van der Waals surface area (Å²) < 4.78 is 5.30. The maximum Gasteiger partial charge on any atom is 0.321 e. The Morgan fingerprint density at radius 2 is 2.00 bits per heavy atom. The lowest BCUT2D eigenvalue weighted by Gasteiger charge is -2.26. The lowest BCUT2D eigenvalue weighted by molar-refractivity contribution is -0.141. The second-order valence-electron chi connectivity index (χ2n) is 6.72. The molecule has 1 aliphatic heterocycles. The molecule has 1 aromatic carbocycles. The first-order chi connectivity index (χ1) is 12.5. The summed E-state index contributed by atoms with van der Waals surface area (Å²) in [7, 11) is 0. The van der Waals surface area contributed by atoms with E-state index in [1.165, 1.54) is 0 Å². The van der Waals surface area contributed by atoms with Gasteiger partial charge in [0.1, 0.15) is 6.04 Å². The highest BCUT2D eigenvalue weighted by Crippen LogP contribution is 2.16. The molecule has 1 saturated heterocycles. The van der Waals surface area contributed by atoms with E-state index in [4.69, 9.17) is 4.74 Å². The number of carboxylic acids is 1. The lowest BCUT2D eigenvalue weighted by atomic mass is 10.1. The van der Waals surface area contributed by atoms with Crippen LogP contribution < -0.4 is 10.6 Å². The number of hydrogen-bond acceptors (Lipinski definition) is 5. The molecule has 0 saturated carbocycles. The maximum atomic E-state index is 12.2. The molecule has 3 N–H and O–H groups in total. The average Bonchev–Trinajstić information content (AvgIpc) is 2.61. The number of carbonyl (C=O) groups is 2. The van der Waals surface area contributed by atoms with Gasteiger partial charge in [0.15, 0.2) is 0 Å². The van der Waals surface area contributed by atoms with E-state index in [9.17, 15) is 14.7 Å². The molecular formula is C19H29N3O4. The molecule has 0 aromatic heterocycles. The Balaban J connectivity index is 1.76. The molecule has 0 unspecified atom stereocenters. The minimum absolute atomic E-state index is 0.0970. The van der Waals surface area contributed by atoms with E-state index >= 15 is 0 Å². The number of morpholine rings is 1. The van der Waals surface area contributed by atoms with E-state index in [1.807, 2.05) is 32.0 Å². The van der Waals surface area contributed by atoms with Gasteiger partial charge in [-0.05, 0) is 50.6 Å². The standard InChI is InChI=1S/C19H29N3O4/c1-14-4-5-15(2)16(12-14)21-18(23)13-17(19(24)25)20-6-3-7-22-8-10-26-11-9-22/h4-5,12,17,20H,3,6-11,13H2,1-2H3,(H,21,23)(H,24,25)/t17-/m1/s1. The average molecular weight is 363 g/mol. The third kappa shape index (κ3) is 6.74. The number of hydrogen-bond donors (Lipinski definition) is 3. The predicted octanol–water partition coefficient (Wildman–Crippen LogP) is 1.40. The topological polar surface area (TPSA) is 90.9 Å². The molecule has 26 heavy (non-hydrogen) atoms. The Morgan fingerprint density at radius 3 is 2.69 bits per heavy atom. The van der Waals surface area contributed by atoms with Crippen LogP contribution in [0.25, 0.3) is 0 Å². The molecule has 0 radical (unpaired) electrons. The lowest BCUT2D eigenvalue weighted by Crippen LogP contribution is -2.42. The van der Waals surface area contributed by atoms with Crippen molar-refractivity contribution in [3.63, 3.8) is 0 Å². The first kappa shape index (κ1) is 20.4. The van der Waals surface area contributed by atoms with Crippen molar-refractivity contribution in [3.05, 3.63) is 29.3 Å². The number of anilines is 1. The third-order valence-corrected chi connectivity index (χ3v) is 4.50. The van der Waals surface area contributed by atoms with Crippen LogP contribution >= 0.6 is 0 Å². The number of rotatable bonds is 9. The Morgan fingerprint density at radius 1 is 1.27 bits per heavy atom. The monoisotopic (exact) mass is 363 g/mol. The quantitative estimate of drug-likeness (QED) is 0.575. The van der Waals surface area contributed by atoms with Crippen molar-refractivity contribution in [2.45, 2.75) is 32.7 Å². The summed E-state index contributed by atoms with van der Waals surface area (Å²) in [6.07, 6.45) is 0.739. The summed E-state index contributed by atoms with van der Waals surface area (Å²) in [6, 6.07) is 4.91. The molecule has 1 aliphatic rings. The summed E-state index contributed by atoms with van der Waals surface area (Å²) in [5.74, 6) is -1.31. The van der Waals surface area contributed by atoms with Gasteiger partial charge in [0.25, 0.3) is 0 Å². The summed E-state index contributed by atoms with van der Waals surface area (Å²) >= 11 is 0. The van der Waals surface area contributed by atoms with Crippen LogP contribution in [0.4, 0.5) is 5.69 Å². The number of nitrogens with zero attached hydrogens (tertiary/aromatic N) is 1. The van der Waals surface area contributed by atoms with E-state index in [0.717, 1.165) is 56.1 Å². The number of benzene rings is 1. The fourth-order valence-corrected chi connectivity index (χ4v) is 2.91. The number of aryl methyl sites for hydroxylation is 2. The molecule has 0 spiro atoms. The molecule has 1 atom stereocenters. The minimum atomic E-state index is -1.01. The smallest absolute Gasteiger partial charge is 0.321 e. The van der Waals surface area contributed by atoms with Gasteiger partial charge < -0.3 is 20.5 Å². The van der Waals surface area contributed by atoms with Crippen molar-refractivity contribution in [2.24, 2.45) is 0 Å². The van der Waals surface area contributed by atoms with Gasteiger partial charge in [0.2, 0.25) is 5.91 Å². The normalized spacial score (nSPS) is 16.2. The SMILES string of the molecule is Cc1ccc(C)c(NC(=O)C[C@@H](NCCCN2CCOCC2)C(=O)O)c1. The summed E-state index contributed by atoms with van der Waals surface area (Å²) in [5.41, 5.74) is 2.72. The van der Waals surface area contributed by atoms with E-state index in [0.29, 0.717) is 6.54 Å². The number of ether oxygens (including phenoxy) is 1. The van der Waals surface area contributed by atoms with Crippen LogP contribution in [0.3, 0.4) is 0 Å². The number of carbonyl (C=O) groups excluding carboxylic acids is 1. The predicted molar refractivity (Wildman–Crippen MR) is 100 cm³/mol. The summed E-state index contributed by atoms with van der Waals surface area (Å²) in [5, 5.41) is 15.2. The van der Waals surface area contributed by atoms with E-state index in [1.54, 1.807) is 0 Å². The molecular weight excluding hydrogens is 334 g/mol. The van der Waals surface area contributed by atoms with Crippen LogP contribution in [0.15, 0.2) is 18.2 Å².